The Morgan fingerprint density at radius 3 is 2.32 bits per heavy atom. The molecule has 5 nitrogen and oxygen atoms in total. The second-order valence-corrected chi connectivity index (χ2v) is 5.40. The summed E-state index contributed by atoms with van der Waals surface area (Å²) in [5.74, 6) is -0.846. The highest BCUT2D eigenvalue weighted by molar-refractivity contribution is 5.80. The lowest BCUT2D eigenvalue weighted by molar-refractivity contribution is -0.143. The van der Waals surface area contributed by atoms with Crippen LogP contribution in [-0.4, -0.2) is 59.0 Å². The van der Waals surface area contributed by atoms with Crippen molar-refractivity contribution < 1.29 is 14.7 Å². The minimum atomic E-state index is -0.893. The number of carboxylic acid groups (broad SMARTS) is 1. The van der Waals surface area contributed by atoms with Gasteiger partial charge in [-0.1, -0.05) is 19.3 Å². The zero-order chi connectivity index (χ0) is 14.4. The Morgan fingerprint density at radius 1 is 1.26 bits per heavy atom. The van der Waals surface area contributed by atoms with E-state index in [2.05, 4.69) is 0 Å². The van der Waals surface area contributed by atoms with Crippen molar-refractivity contribution >= 4 is 11.9 Å². The van der Waals surface area contributed by atoms with Gasteiger partial charge >= 0.3 is 5.97 Å². The third-order valence-electron chi connectivity index (χ3n) is 4.08. The standard InChI is InChI=1S/C14H26N2O3/c1-4-16(12-8-6-5-7-9-12)13(17)10-15(3)11(2)14(18)19/h11-12H,4-10H2,1-3H3,(H,18,19). The van der Waals surface area contributed by atoms with Gasteiger partial charge in [0.1, 0.15) is 6.04 Å². The highest BCUT2D eigenvalue weighted by atomic mass is 16.4. The number of nitrogens with zero attached hydrogens (tertiary/aromatic N) is 2. The van der Waals surface area contributed by atoms with Crippen LogP contribution in [0.5, 0.6) is 0 Å². The maximum atomic E-state index is 12.3. The van der Waals surface area contributed by atoms with E-state index in [4.69, 9.17) is 5.11 Å². The van der Waals surface area contributed by atoms with Gasteiger partial charge in [0.2, 0.25) is 5.91 Å². The van der Waals surface area contributed by atoms with E-state index in [-0.39, 0.29) is 12.5 Å². The number of rotatable bonds is 6. The number of hydrogen-bond acceptors (Lipinski definition) is 3. The molecular weight excluding hydrogens is 244 g/mol. The quantitative estimate of drug-likeness (QED) is 0.796. The molecule has 0 aromatic rings. The molecule has 1 fully saturated rings. The van der Waals surface area contributed by atoms with E-state index in [9.17, 15) is 9.59 Å². The molecule has 0 heterocycles. The van der Waals surface area contributed by atoms with Crippen LogP contribution in [0.1, 0.15) is 46.0 Å². The summed E-state index contributed by atoms with van der Waals surface area (Å²) in [5.41, 5.74) is 0. The zero-order valence-electron chi connectivity index (χ0n) is 12.3. The van der Waals surface area contributed by atoms with Crippen LogP contribution in [0.15, 0.2) is 0 Å². The first-order valence-corrected chi connectivity index (χ1v) is 7.19. The molecule has 1 atom stereocenters. The van der Waals surface area contributed by atoms with Crippen LogP contribution in [0.4, 0.5) is 0 Å². The predicted molar refractivity (Wildman–Crippen MR) is 74.0 cm³/mol. The molecule has 0 spiro atoms. The Morgan fingerprint density at radius 2 is 1.84 bits per heavy atom. The van der Waals surface area contributed by atoms with Crippen molar-refractivity contribution in [2.75, 3.05) is 20.1 Å². The summed E-state index contributed by atoms with van der Waals surface area (Å²) in [6.07, 6.45) is 5.80. The van der Waals surface area contributed by atoms with E-state index >= 15 is 0 Å². The molecule has 1 saturated carbocycles. The van der Waals surface area contributed by atoms with E-state index < -0.39 is 12.0 Å². The van der Waals surface area contributed by atoms with Gasteiger partial charge in [-0.2, -0.15) is 0 Å². The number of carbonyl (C=O) groups excluding carboxylic acids is 1. The molecule has 0 saturated heterocycles. The highest BCUT2D eigenvalue weighted by Crippen LogP contribution is 2.22. The Balaban J connectivity index is 2.55. The van der Waals surface area contributed by atoms with Crippen LogP contribution < -0.4 is 0 Å². The number of amides is 1. The average molecular weight is 270 g/mol. The summed E-state index contributed by atoms with van der Waals surface area (Å²) < 4.78 is 0. The molecular formula is C14H26N2O3. The third-order valence-corrected chi connectivity index (χ3v) is 4.08. The van der Waals surface area contributed by atoms with Crippen LogP contribution in [0, 0.1) is 0 Å². The summed E-state index contributed by atoms with van der Waals surface area (Å²) in [4.78, 5) is 26.7. The SMILES string of the molecule is CCN(C(=O)CN(C)C(C)C(=O)O)C1CCCCC1. The van der Waals surface area contributed by atoms with Crippen molar-refractivity contribution in [2.24, 2.45) is 0 Å². The Labute approximate surface area is 115 Å². The summed E-state index contributed by atoms with van der Waals surface area (Å²) >= 11 is 0. The molecule has 1 N–H and O–H groups in total. The summed E-state index contributed by atoms with van der Waals surface area (Å²) in [6, 6.07) is -0.284. The minimum Gasteiger partial charge on any atom is -0.480 e. The maximum absolute atomic E-state index is 12.3. The molecule has 1 rings (SSSR count). The van der Waals surface area contributed by atoms with Crippen molar-refractivity contribution in [3.8, 4) is 0 Å². The Bertz CT molecular complexity index is 314. The van der Waals surface area contributed by atoms with Crippen molar-refractivity contribution in [3.63, 3.8) is 0 Å². The first-order chi connectivity index (χ1) is 8.97. The molecule has 19 heavy (non-hydrogen) atoms. The Kier molecular flexibility index (Phi) is 6.28. The minimum absolute atomic E-state index is 0.0463. The Hall–Kier alpha value is -1.10. The average Bonchev–Trinajstić information content (AvgIpc) is 2.39. The number of carboxylic acids is 1. The lowest BCUT2D eigenvalue weighted by Crippen LogP contribution is -2.48. The van der Waals surface area contributed by atoms with E-state index in [0.29, 0.717) is 12.6 Å². The van der Waals surface area contributed by atoms with E-state index in [1.165, 1.54) is 19.3 Å². The van der Waals surface area contributed by atoms with Gasteiger partial charge in [-0.25, -0.2) is 0 Å². The monoisotopic (exact) mass is 270 g/mol. The fourth-order valence-corrected chi connectivity index (χ4v) is 2.66. The van der Waals surface area contributed by atoms with Gasteiger partial charge in [0.15, 0.2) is 0 Å². The van der Waals surface area contributed by atoms with Crippen molar-refractivity contribution in [1.29, 1.82) is 0 Å². The van der Waals surface area contributed by atoms with Gasteiger partial charge in [0.05, 0.1) is 6.54 Å². The smallest absolute Gasteiger partial charge is 0.320 e. The van der Waals surface area contributed by atoms with Gasteiger partial charge in [-0.05, 0) is 33.7 Å². The van der Waals surface area contributed by atoms with Crippen LogP contribution >= 0.6 is 0 Å². The molecule has 110 valence electrons. The van der Waals surface area contributed by atoms with Gasteiger partial charge in [0, 0.05) is 12.6 Å². The lowest BCUT2D eigenvalue weighted by atomic mass is 9.94. The molecule has 0 bridgehead atoms. The molecule has 0 aliphatic heterocycles. The fraction of sp³-hybridized carbons (Fsp3) is 0.857. The first kappa shape index (κ1) is 16.0. The largest absolute Gasteiger partial charge is 0.480 e. The van der Waals surface area contributed by atoms with E-state index in [1.807, 2.05) is 11.8 Å². The summed E-state index contributed by atoms with van der Waals surface area (Å²) in [7, 11) is 1.69. The van der Waals surface area contributed by atoms with Crippen LogP contribution in [0.25, 0.3) is 0 Å². The number of hydrogen-bond donors (Lipinski definition) is 1. The van der Waals surface area contributed by atoms with Gasteiger partial charge in [0.25, 0.3) is 0 Å². The number of carbonyl (C=O) groups is 2. The van der Waals surface area contributed by atoms with Crippen molar-refractivity contribution in [1.82, 2.24) is 9.80 Å². The molecule has 1 unspecified atom stereocenters. The third kappa shape index (κ3) is 4.49. The van der Waals surface area contributed by atoms with Crippen molar-refractivity contribution in [3.05, 3.63) is 0 Å². The number of likely N-dealkylation sites (N-methyl/N-ethyl adjacent to an activating group) is 2. The number of aliphatic carboxylic acids is 1. The van der Waals surface area contributed by atoms with Crippen molar-refractivity contribution in [2.45, 2.75) is 58.0 Å². The molecule has 1 amide bonds. The maximum Gasteiger partial charge on any atom is 0.320 e. The van der Waals surface area contributed by atoms with Gasteiger partial charge in [-0.3, -0.25) is 14.5 Å². The first-order valence-electron chi connectivity index (χ1n) is 7.19. The molecule has 0 radical (unpaired) electrons. The highest BCUT2D eigenvalue weighted by Gasteiger charge is 2.26. The van der Waals surface area contributed by atoms with Gasteiger partial charge in [-0.15, -0.1) is 0 Å². The summed E-state index contributed by atoms with van der Waals surface area (Å²) in [5, 5.41) is 8.94. The molecule has 0 aromatic heterocycles. The van der Waals surface area contributed by atoms with E-state index in [0.717, 1.165) is 12.8 Å². The van der Waals surface area contributed by atoms with Crippen LogP contribution in [0.2, 0.25) is 0 Å². The normalized spacial score (nSPS) is 18.3. The van der Waals surface area contributed by atoms with Crippen LogP contribution in [-0.2, 0) is 9.59 Å². The van der Waals surface area contributed by atoms with E-state index in [1.54, 1.807) is 18.9 Å². The second kappa shape index (κ2) is 7.48. The summed E-state index contributed by atoms with van der Waals surface area (Å²) in [6.45, 7) is 4.48. The second-order valence-electron chi connectivity index (χ2n) is 5.40. The van der Waals surface area contributed by atoms with Crippen LogP contribution in [0.3, 0.4) is 0 Å². The topological polar surface area (TPSA) is 60.9 Å². The lowest BCUT2D eigenvalue weighted by Gasteiger charge is -2.35. The zero-order valence-corrected chi connectivity index (χ0v) is 12.3. The van der Waals surface area contributed by atoms with Gasteiger partial charge < -0.3 is 10.0 Å². The predicted octanol–water partition coefficient (Wildman–Crippen LogP) is 1.57. The molecule has 0 aromatic carbocycles. The molecule has 1 aliphatic carbocycles. The molecule has 5 heteroatoms. The molecule has 1 aliphatic rings. The fourth-order valence-electron chi connectivity index (χ4n) is 2.66.